The van der Waals surface area contributed by atoms with E-state index in [1.54, 1.807) is 51.1 Å². The first-order valence-corrected chi connectivity index (χ1v) is 9.47. The summed E-state index contributed by atoms with van der Waals surface area (Å²) in [5, 5.41) is 2.70. The van der Waals surface area contributed by atoms with E-state index in [-0.39, 0.29) is 17.6 Å². The fraction of sp³-hybridized carbons (Fsp3) is 0.278. The van der Waals surface area contributed by atoms with Crippen LogP contribution in [0.1, 0.15) is 31.1 Å². The highest BCUT2D eigenvalue weighted by atomic mass is 32.2. The molecule has 0 aliphatic carbocycles. The quantitative estimate of drug-likeness (QED) is 0.856. The van der Waals surface area contributed by atoms with Crippen molar-refractivity contribution in [1.29, 1.82) is 0 Å². The second-order valence-corrected chi connectivity index (χ2v) is 8.59. The van der Waals surface area contributed by atoms with Gasteiger partial charge in [0.2, 0.25) is 16.8 Å². The molecule has 26 heavy (non-hydrogen) atoms. The minimum absolute atomic E-state index is 0.0795. The molecule has 1 amide bonds. The average Bonchev–Trinajstić information content (AvgIpc) is 3.00. The molecule has 2 N–H and O–H groups in total. The number of sulfonamides is 1. The van der Waals surface area contributed by atoms with Crippen molar-refractivity contribution in [2.45, 2.75) is 31.2 Å². The van der Waals surface area contributed by atoms with Crippen LogP contribution in [0.3, 0.4) is 0 Å². The third kappa shape index (κ3) is 4.14. The summed E-state index contributed by atoms with van der Waals surface area (Å²) >= 11 is 0. The smallest absolute Gasteiger partial charge is 0.255 e. The molecule has 0 bridgehead atoms. The van der Waals surface area contributed by atoms with Crippen molar-refractivity contribution in [3.8, 4) is 11.5 Å². The second kappa shape index (κ2) is 6.62. The first kappa shape index (κ1) is 18.2. The van der Waals surface area contributed by atoms with Gasteiger partial charge in [0.15, 0.2) is 11.5 Å². The summed E-state index contributed by atoms with van der Waals surface area (Å²) < 4.78 is 37.9. The summed E-state index contributed by atoms with van der Waals surface area (Å²) in [6.07, 6.45) is 0. The zero-order valence-electron chi connectivity index (χ0n) is 14.7. The van der Waals surface area contributed by atoms with Gasteiger partial charge in [-0.05, 0) is 57.2 Å². The van der Waals surface area contributed by atoms with Crippen molar-refractivity contribution >= 4 is 21.6 Å². The first-order chi connectivity index (χ1) is 12.1. The number of fused-ring (bicyclic) bond motifs is 1. The molecule has 1 aliphatic rings. The maximum atomic E-state index is 12.4. The Balaban J connectivity index is 1.79. The summed E-state index contributed by atoms with van der Waals surface area (Å²) in [5.74, 6) is 0.716. The number of nitrogens with one attached hydrogen (secondary N) is 2. The van der Waals surface area contributed by atoms with E-state index >= 15 is 0 Å². The highest BCUT2D eigenvalue weighted by Crippen LogP contribution is 2.32. The largest absolute Gasteiger partial charge is 0.454 e. The fourth-order valence-electron chi connectivity index (χ4n) is 2.44. The Morgan fingerprint density at radius 2 is 1.77 bits per heavy atom. The molecule has 2 aromatic carbocycles. The van der Waals surface area contributed by atoms with Gasteiger partial charge in [-0.3, -0.25) is 4.79 Å². The maximum absolute atomic E-state index is 12.4. The van der Waals surface area contributed by atoms with E-state index in [4.69, 9.17) is 9.47 Å². The minimum atomic E-state index is -3.69. The predicted molar refractivity (Wildman–Crippen MR) is 97.0 cm³/mol. The van der Waals surface area contributed by atoms with Gasteiger partial charge in [-0.25, -0.2) is 13.1 Å². The Hall–Kier alpha value is -2.58. The van der Waals surface area contributed by atoms with Crippen molar-refractivity contribution in [3.63, 3.8) is 0 Å². The van der Waals surface area contributed by atoms with Crippen LogP contribution in [-0.2, 0) is 10.0 Å². The topological polar surface area (TPSA) is 93.7 Å². The summed E-state index contributed by atoms with van der Waals surface area (Å²) in [6, 6.07) is 11.0. The van der Waals surface area contributed by atoms with Crippen molar-refractivity contribution in [1.82, 2.24) is 4.72 Å². The third-order valence-electron chi connectivity index (χ3n) is 3.48. The van der Waals surface area contributed by atoms with Crippen LogP contribution in [0.4, 0.5) is 5.69 Å². The number of carbonyl (C=O) groups is 1. The van der Waals surface area contributed by atoms with Gasteiger partial charge in [-0.2, -0.15) is 0 Å². The van der Waals surface area contributed by atoms with Crippen LogP contribution in [0.5, 0.6) is 11.5 Å². The van der Waals surface area contributed by atoms with Crippen molar-refractivity contribution < 1.29 is 22.7 Å². The van der Waals surface area contributed by atoms with Gasteiger partial charge < -0.3 is 14.8 Å². The van der Waals surface area contributed by atoms with Crippen LogP contribution < -0.4 is 19.5 Å². The number of ether oxygens (including phenoxy) is 2. The van der Waals surface area contributed by atoms with Gasteiger partial charge in [0.05, 0.1) is 4.90 Å². The SMILES string of the molecule is CC(C)(C)NS(=O)(=O)c1cccc(NC(=O)c2ccc3c(c2)OCO3)c1. The molecule has 0 saturated carbocycles. The monoisotopic (exact) mass is 376 g/mol. The molecule has 138 valence electrons. The predicted octanol–water partition coefficient (Wildman–Crippen LogP) is 2.74. The molecular formula is C18H20N2O5S. The zero-order chi connectivity index (χ0) is 18.9. The minimum Gasteiger partial charge on any atom is -0.454 e. The molecule has 0 fully saturated rings. The van der Waals surface area contributed by atoms with Gasteiger partial charge in [0, 0.05) is 16.8 Å². The lowest BCUT2D eigenvalue weighted by molar-refractivity contribution is 0.102. The molecule has 1 aliphatic heterocycles. The normalized spacial score (nSPS) is 13.5. The Bertz CT molecular complexity index is 948. The number of carbonyl (C=O) groups excluding carboxylic acids is 1. The van der Waals surface area contributed by atoms with Gasteiger partial charge >= 0.3 is 0 Å². The van der Waals surface area contributed by atoms with E-state index < -0.39 is 15.6 Å². The molecule has 0 aromatic heterocycles. The average molecular weight is 376 g/mol. The summed E-state index contributed by atoms with van der Waals surface area (Å²) in [4.78, 5) is 12.5. The van der Waals surface area contributed by atoms with Crippen LogP contribution in [0.2, 0.25) is 0 Å². The van der Waals surface area contributed by atoms with Gasteiger partial charge in [0.25, 0.3) is 5.91 Å². The Morgan fingerprint density at radius 3 is 2.50 bits per heavy atom. The fourth-order valence-corrected chi connectivity index (χ4v) is 3.91. The molecule has 0 unspecified atom stereocenters. The zero-order valence-corrected chi connectivity index (χ0v) is 15.5. The van der Waals surface area contributed by atoms with Crippen molar-refractivity contribution in [2.24, 2.45) is 0 Å². The standard InChI is InChI=1S/C18H20N2O5S/c1-18(2,3)20-26(22,23)14-6-4-5-13(10-14)19-17(21)12-7-8-15-16(9-12)25-11-24-15/h4-10,20H,11H2,1-3H3,(H,19,21). The van der Waals surface area contributed by atoms with Crippen LogP contribution in [0, 0.1) is 0 Å². The molecule has 1 heterocycles. The molecule has 0 saturated heterocycles. The van der Waals surface area contributed by atoms with Crippen molar-refractivity contribution in [2.75, 3.05) is 12.1 Å². The van der Waals surface area contributed by atoms with E-state index in [1.807, 2.05) is 0 Å². The third-order valence-corrected chi connectivity index (χ3v) is 5.23. The maximum Gasteiger partial charge on any atom is 0.255 e. The van der Waals surface area contributed by atoms with Gasteiger partial charge in [-0.1, -0.05) is 6.07 Å². The van der Waals surface area contributed by atoms with Gasteiger partial charge in [0.1, 0.15) is 0 Å². The number of benzene rings is 2. The molecule has 0 radical (unpaired) electrons. The van der Waals surface area contributed by atoms with Crippen LogP contribution >= 0.6 is 0 Å². The van der Waals surface area contributed by atoms with E-state index in [1.165, 1.54) is 12.1 Å². The highest BCUT2D eigenvalue weighted by Gasteiger charge is 2.22. The van der Waals surface area contributed by atoms with E-state index in [0.29, 0.717) is 22.7 Å². The number of rotatable bonds is 4. The molecule has 2 aromatic rings. The number of anilines is 1. The Kier molecular flexibility index (Phi) is 4.64. The van der Waals surface area contributed by atoms with E-state index in [0.717, 1.165) is 0 Å². The molecule has 0 spiro atoms. The Labute approximate surface area is 152 Å². The number of hydrogen-bond donors (Lipinski definition) is 2. The van der Waals surface area contributed by atoms with Crippen LogP contribution in [0.25, 0.3) is 0 Å². The Morgan fingerprint density at radius 1 is 1.04 bits per heavy atom. The molecule has 0 atom stereocenters. The second-order valence-electron chi connectivity index (χ2n) is 6.91. The summed E-state index contributed by atoms with van der Waals surface area (Å²) in [7, 11) is -3.69. The molecular weight excluding hydrogens is 356 g/mol. The summed E-state index contributed by atoms with van der Waals surface area (Å²) in [6.45, 7) is 5.41. The molecule has 7 nitrogen and oxygen atoms in total. The number of hydrogen-bond acceptors (Lipinski definition) is 5. The first-order valence-electron chi connectivity index (χ1n) is 7.99. The number of amides is 1. The molecule has 3 rings (SSSR count). The lowest BCUT2D eigenvalue weighted by Gasteiger charge is -2.20. The van der Waals surface area contributed by atoms with E-state index in [2.05, 4.69) is 10.0 Å². The highest BCUT2D eigenvalue weighted by molar-refractivity contribution is 7.89. The van der Waals surface area contributed by atoms with Crippen LogP contribution in [0.15, 0.2) is 47.4 Å². The summed E-state index contributed by atoms with van der Waals surface area (Å²) in [5.41, 5.74) is 0.157. The lowest BCUT2D eigenvalue weighted by Crippen LogP contribution is -2.40. The van der Waals surface area contributed by atoms with Crippen molar-refractivity contribution in [3.05, 3.63) is 48.0 Å². The molecule has 8 heteroatoms. The van der Waals surface area contributed by atoms with E-state index in [9.17, 15) is 13.2 Å². The van der Waals surface area contributed by atoms with Crippen LogP contribution in [-0.4, -0.2) is 26.7 Å². The van der Waals surface area contributed by atoms with Gasteiger partial charge in [-0.15, -0.1) is 0 Å². The lowest BCUT2D eigenvalue weighted by atomic mass is 10.1.